The minimum absolute atomic E-state index is 0.0859. The number of piperazine rings is 1. The number of amides is 1. The number of piperidine rings is 1. The third-order valence-electron chi connectivity index (χ3n) is 8.39. The summed E-state index contributed by atoms with van der Waals surface area (Å²) in [6, 6.07) is 7.79. The van der Waals surface area contributed by atoms with Gasteiger partial charge in [0, 0.05) is 76.9 Å². The van der Waals surface area contributed by atoms with E-state index in [1.807, 2.05) is 0 Å². The van der Waals surface area contributed by atoms with Crippen molar-refractivity contribution in [2.45, 2.75) is 32.7 Å². The van der Waals surface area contributed by atoms with Crippen LogP contribution < -0.4 is 9.62 Å². The summed E-state index contributed by atoms with van der Waals surface area (Å²) in [7, 11) is -6.61. The Hall–Kier alpha value is -2.68. The van der Waals surface area contributed by atoms with E-state index in [1.54, 1.807) is 9.21 Å². The number of hydrogen-bond donors (Lipinski definition) is 1. The van der Waals surface area contributed by atoms with Gasteiger partial charge in [0.25, 0.3) is 0 Å². The molecule has 2 aromatic rings. The Labute approximate surface area is 237 Å². The maximum absolute atomic E-state index is 12.9. The van der Waals surface area contributed by atoms with E-state index < -0.39 is 20.0 Å². The van der Waals surface area contributed by atoms with Crippen molar-refractivity contribution < 1.29 is 21.6 Å². The number of anilines is 2. The second-order valence-corrected chi connectivity index (χ2v) is 15.3. The van der Waals surface area contributed by atoms with Crippen LogP contribution in [0.2, 0.25) is 0 Å². The zero-order valence-electron chi connectivity index (χ0n) is 23.4. The van der Waals surface area contributed by atoms with E-state index in [9.17, 15) is 21.6 Å². The summed E-state index contributed by atoms with van der Waals surface area (Å²) in [6.07, 6.45) is 6.73. The molecular weight excluding hydrogens is 554 g/mol. The molecule has 1 N–H and O–H groups in total. The van der Waals surface area contributed by atoms with Crippen molar-refractivity contribution in [1.82, 2.24) is 23.9 Å². The molecule has 1 aromatic heterocycles. The average molecular weight is 594 g/mol. The van der Waals surface area contributed by atoms with Crippen molar-refractivity contribution in [3.8, 4) is 0 Å². The van der Waals surface area contributed by atoms with Gasteiger partial charge in [-0.15, -0.1) is 5.10 Å². The molecule has 0 atom stereocenters. The topological polar surface area (TPSA) is 128 Å². The Balaban J connectivity index is 1.18. The molecule has 220 valence electrons. The van der Waals surface area contributed by atoms with Gasteiger partial charge in [0.2, 0.25) is 20.0 Å². The first kappa shape index (κ1) is 28.8. The van der Waals surface area contributed by atoms with E-state index in [-0.39, 0.29) is 17.3 Å². The number of carbonyl (C=O) groups is 1. The van der Waals surface area contributed by atoms with Gasteiger partial charge < -0.3 is 9.80 Å². The van der Waals surface area contributed by atoms with Crippen molar-refractivity contribution in [3.05, 3.63) is 41.6 Å². The van der Waals surface area contributed by atoms with Crippen LogP contribution in [0.3, 0.4) is 0 Å². The predicted molar refractivity (Wildman–Crippen MR) is 154 cm³/mol. The fourth-order valence-corrected chi connectivity index (χ4v) is 7.49. The predicted octanol–water partition coefficient (Wildman–Crippen LogP) is 1.60. The summed E-state index contributed by atoms with van der Waals surface area (Å²) in [4.78, 5) is 19.4. The zero-order valence-corrected chi connectivity index (χ0v) is 25.0. The van der Waals surface area contributed by atoms with Gasteiger partial charge in [0.15, 0.2) is 5.82 Å². The van der Waals surface area contributed by atoms with Crippen LogP contribution in [0.15, 0.2) is 30.5 Å². The van der Waals surface area contributed by atoms with Crippen LogP contribution in [0.5, 0.6) is 0 Å². The Morgan fingerprint density at radius 2 is 1.62 bits per heavy atom. The molecule has 0 unspecified atom stereocenters. The molecule has 1 spiro atoms. The van der Waals surface area contributed by atoms with Crippen LogP contribution in [0.1, 0.15) is 30.4 Å². The number of nitrogens with one attached hydrogen (secondary N) is 1. The minimum atomic E-state index is -3.46. The molecule has 0 saturated carbocycles. The van der Waals surface area contributed by atoms with Gasteiger partial charge in [-0.05, 0) is 48.8 Å². The molecule has 3 aliphatic rings. The molecule has 12 nitrogen and oxygen atoms in total. The fraction of sp³-hybridized carbons (Fsp3) is 0.615. The highest BCUT2D eigenvalue weighted by atomic mass is 32.2. The second kappa shape index (κ2) is 11.0. The summed E-state index contributed by atoms with van der Waals surface area (Å²) >= 11 is 0. The first-order valence-electron chi connectivity index (χ1n) is 13.7. The Bertz CT molecular complexity index is 1460. The number of sulfonamides is 2. The molecule has 3 saturated heterocycles. The summed E-state index contributed by atoms with van der Waals surface area (Å²) in [5, 5.41) is 4.06. The van der Waals surface area contributed by atoms with Gasteiger partial charge in [-0.2, -0.15) is 4.68 Å². The van der Waals surface area contributed by atoms with Gasteiger partial charge in [-0.3, -0.25) is 9.62 Å². The molecule has 4 heterocycles. The van der Waals surface area contributed by atoms with Gasteiger partial charge in [-0.1, -0.05) is 12.1 Å². The normalized spacial score (nSPS) is 20.8. The van der Waals surface area contributed by atoms with E-state index in [0.717, 1.165) is 58.2 Å². The van der Waals surface area contributed by atoms with Gasteiger partial charge in [0.1, 0.15) is 0 Å². The lowest BCUT2D eigenvalue weighted by molar-refractivity contribution is 0.134. The quantitative estimate of drug-likeness (QED) is 0.535. The molecule has 0 aliphatic carbocycles. The van der Waals surface area contributed by atoms with E-state index in [2.05, 4.69) is 44.7 Å². The Kier molecular flexibility index (Phi) is 7.89. The first-order valence-corrected chi connectivity index (χ1v) is 17.4. The number of aromatic nitrogens is 2. The van der Waals surface area contributed by atoms with Crippen LogP contribution in [-0.2, 0) is 26.6 Å². The summed E-state index contributed by atoms with van der Waals surface area (Å²) in [6.45, 7) is 8.53. The highest BCUT2D eigenvalue weighted by molar-refractivity contribution is 7.92. The number of aryl methyl sites for hydroxylation is 1. The highest BCUT2D eigenvalue weighted by Gasteiger charge is 2.43. The highest BCUT2D eigenvalue weighted by Crippen LogP contribution is 2.42. The Morgan fingerprint density at radius 1 is 0.950 bits per heavy atom. The molecule has 3 fully saturated rings. The van der Waals surface area contributed by atoms with Crippen LogP contribution in [0, 0.1) is 12.3 Å². The van der Waals surface area contributed by atoms with E-state index >= 15 is 0 Å². The average Bonchev–Trinajstić information content (AvgIpc) is 3.52. The van der Waals surface area contributed by atoms with Gasteiger partial charge in [0.05, 0.1) is 12.5 Å². The summed E-state index contributed by atoms with van der Waals surface area (Å²) < 4.78 is 52.1. The first-order chi connectivity index (χ1) is 18.8. The largest absolute Gasteiger partial charge is 0.371 e. The lowest BCUT2D eigenvalue weighted by atomic mass is 9.77. The van der Waals surface area contributed by atoms with Gasteiger partial charge in [-0.25, -0.2) is 25.9 Å². The standard InChI is InChI=1S/C26H39N7O5S2/c1-21-4-5-22(23(18-21)30-11-7-26(8-12-30)9-13-32(20-26)40(3,37)38)19-29-14-16-31(17-15-29)25(34)33-10-6-24(27-33)28-39(2,35)36/h4-6,10,18H,7-9,11-17,19-20H2,1-3H3,(H,27,28). The number of rotatable bonds is 6. The fourth-order valence-electron chi connectivity index (χ4n) is 6.07. The zero-order chi connectivity index (χ0) is 28.7. The van der Waals surface area contributed by atoms with Crippen molar-refractivity contribution in [3.63, 3.8) is 0 Å². The SMILES string of the molecule is Cc1ccc(CN2CCN(C(=O)n3ccc(NS(C)(=O)=O)n3)CC2)c(N2CCC3(CC2)CCN(S(C)(=O)=O)C3)c1. The molecule has 1 aromatic carbocycles. The molecule has 3 aliphatic heterocycles. The van der Waals surface area contributed by atoms with Crippen LogP contribution in [0.25, 0.3) is 0 Å². The lowest BCUT2D eigenvalue weighted by Gasteiger charge is -2.41. The van der Waals surface area contributed by atoms with Crippen LogP contribution in [0.4, 0.5) is 16.3 Å². The van der Waals surface area contributed by atoms with Crippen LogP contribution >= 0.6 is 0 Å². The third kappa shape index (κ3) is 6.61. The number of nitrogens with zero attached hydrogens (tertiary/aromatic N) is 6. The smallest absolute Gasteiger partial charge is 0.344 e. The number of hydrogen-bond acceptors (Lipinski definition) is 8. The van der Waals surface area contributed by atoms with E-state index in [0.29, 0.717) is 26.2 Å². The van der Waals surface area contributed by atoms with Crippen LogP contribution in [-0.4, -0.2) is 112 Å². The summed E-state index contributed by atoms with van der Waals surface area (Å²) in [5.74, 6) is 0.116. The lowest BCUT2D eigenvalue weighted by Crippen LogP contribution is -2.49. The third-order valence-corrected chi connectivity index (χ3v) is 10.2. The molecule has 5 rings (SSSR count). The Morgan fingerprint density at radius 3 is 2.25 bits per heavy atom. The molecule has 0 radical (unpaired) electrons. The van der Waals surface area contributed by atoms with Crippen molar-refractivity contribution in [1.29, 1.82) is 0 Å². The molecular formula is C26H39N7O5S2. The minimum Gasteiger partial charge on any atom is -0.371 e. The van der Waals surface area contributed by atoms with E-state index in [1.165, 1.54) is 40.0 Å². The molecule has 40 heavy (non-hydrogen) atoms. The number of carbonyl (C=O) groups excluding carboxylic acids is 1. The monoisotopic (exact) mass is 593 g/mol. The van der Waals surface area contributed by atoms with E-state index in [4.69, 9.17) is 0 Å². The summed E-state index contributed by atoms with van der Waals surface area (Å²) in [5.41, 5.74) is 3.80. The second-order valence-electron chi connectivity index (χ2n) is 11.5. The van der Waals surface area contributed by atoms with Crippen molar-refractivity contribution >= 4 is 37.6 Å². The molecule has 14 heteroatoms. The van der Waals surface area contributed by atoms with Crippen molar-refractivity contribution in [2.24, 2.45) is 5.41 Å². The van der Waals surface area contributed by atoms with Crippen molar-refractivity contribution in [2.75, 3.05) is 74.5 Å². The maximum Gasteiger partial charge on any atom is 0.344 e. The molecule has 0 bridgehead atoms. The number of benzene rings is 1. The molecule has 1 amide bonds. The van der Waals surface area contributed by atoms with Gasteiger partial charge >= 0.3 is 6.03 Å². The maximum atomic E-state index is 12.9.